The highest BCUT2D eigenvalue weighted by atomic mass is 35.5. The van der Waals surface area contributed by atoms with Crippen molar-refractivity contribution in [2.24, 2.45) is 0 Å². The molecule has 0 aliphatic rings. The molecule has 0 atom stereocenters. The van der Waals surface area contributed by atoms with E-state index in [4.69, 9.17) is 25.5 Å². The number of halogens is 1. The minimum Gasteiger partial charge on any atom is -0.497 e. The molecule has 0 spiro atoms. The van der Waals surface area contributed by atoms with Gasteiger partial charge in [-0.2, -0.15) is 0 Å². The topological polar surface area (TPSA) is 65.7 Å². The monoisotopic (exact) mass is 434 g/mol. The Labute approximate surface area is 183 Å². The van der Waals surface area contributed by atoms with Crippen LogP contribution in [0.2, 0.25) is 5.02 Å². The Kier molecular flexibility index (Phi) is 5.78. The minimum atomic E-state index is -0.428. The SMILES string of the molecule is COc1ccc(-c2c(C)c3cc(OC(=O)Cc4ccc(Cl)cc4)ccc3oc2=O)cc1. The van der Waals surface area contributed by atoms with E-state index in [1.807, 2.05) is 6.92 Å². The molecule has 3 aromatic carbocycles. The molecule has 0 aliphatic carbocycles. The van der Waals surface area contributed by atoms with Crippen molar-refractivity contribution in [1.82, 2.24) is 0 Å². The van der Waals surface area contributed by atoms with Gasteiger partial charge in [0.15, 0.2) is 0 Å². The van der Waals surface area contributed by atoms with Crippen molar-refractivity contribution in [1.29, 1.82) is 0 Å². The molecule has 0 saturated heterocycles. The van der Waals surface area contributed by atoms with E-state index in [0.29, 0.717) is 33.1 Å². The summed E-state index contributed by atoms with van der Waals surface area (Å²) in [5, 5.41) is 1.30. The number of hydrogen-bond acceptors (Lipinski definition) is 5. The minimum absolute atomic E-state index is 0.120. The third-order valence-electron chi connectivity index (χ3n) is 5.01. The Morgan fingerprint density at radius 3 is 2.32 bits per heavy atom. The molecule has 0 fully saturated rings. The lowest BCUT2D eigenvalue weighted by Gasteiger charge is -2.10. The van der Waals surface area contributed by atoms with Crippen LogP contribution >= 0.6 is 11.6 Å². The number of carbonyl (C=O) groups is 1. The van der Waals surface area contributed by atoms with Crippen LogP contribution in [0.4, 0.5) is 0 Å². The second-order valence-electron chi connectivity index (χ2n) is 7.05. The fraction of sp³-hybridized carbons (Fsp3) is 0.120. The number of carbonyl (C=O) groups excluding carboxylic acids is 1. The van der Waals surface area contributed by atoms with Crippen LogP contribution in [0.1, 0.15) is 11.1 Å². The maximum absolute atomic E-state index is 12.6. The van der Waals surface area contributed by atoms with Crippen molar-refractivity contribution in [2.45, 2.75) is 13.3 Å². The predicted octanol–water partition coefficient (Wildman–Crippen LogP) is 5.58. The third-order valence-corrected chi connectivity index (χ3v) is 5.26. The van der Waals surface area contributed by atoms with Crippen LogP contribution in [0.15, 0.2) is 75.9 Å². The summed E-state index contributed by atoms with van der Waals surface area (Å²) >= 11 is 5.88. The summed E-state index contributed by atoms with van der Waals surface area (Å²) in [4.78, 5) is 25.0. The van der Waals surface area contributed by atoms with E-state index in [1.165, 1.54) is 0 Å². The molecular weight excluding hydrogens is 416 g/mol. The molecule has 0 unspecified atom stereocenters. The van der Waals surface area contributed by atoms with Crippen LogP contribution < -0.4 is 15.1 Å². The van der Waals surface area contributed by atoms with Crippen LogP contribution in [0.25, 0.3) is 22.1 Å². The molecule has 4 aromatic rings. The lowest BCUT2D eigenvalue weighted by Crippen LogP contribution is -2.11. The van der Waals surface area contributed by atoms with Gasteiger partial charge in [0.05, 0.1) is 19.1 Å². The van der Waals surface area contributed by atoms with Crippen LogP contribution in [-0.4, -0.2) is 13.1 Å². The van der Waals surface area contributed by atoms with E-state index in [9.17, 15) is 9.59 Å². The van der Waals surface area contributed by atoms with Crippen LogP contribution in [0.3, 0.4) is 0 Å². The average Bonchev–Trinajstić information content (AvgIpc) is 2.76. The van der Waals surface area contributed by atoms with E-state index in [1.54, 1.807) is 73.8 Å². The van der Waals surface area contributed by atoms with E-state index >= 15 is 0 Å². The zero-order valence-electron chi connectivity index (χ0n) is 17.0. The summed E-state index contributed by atoms with van der Waals surface area (Å²) in [6.07, 6.45) is 0.120. The second-order valence-corrected chi connectivity index (χ2v) is 7.49. The Bertz CT molecular complexity index is 1310. The Balaban J connectivity index is 1.65. The summed E-state index contributed by atoms with van der Waals surface area (Å²) in [7, 11) is 1.58. The fourth-order valence-corrected chi connectivity index (χ4v) is 3.55. The highest BCUT2D eigenvalue weighted by Crippen LogP contribution is 2.30. The first kappa shape index (κ1) is 20.7. The fourth-order valence-electron chi connectivity index (χ4n) is 3.42. The number of aryl methyl sites for hydroxylation is 1. The molecule has 0 saturated carbocycles. The number of rotatable bonds is 5. The Morgan fingerprint density at radius 2 is 1.65 bits per heavy atom. The van der Waals surface area contributed by atoms with E-state index in [-0.39, 0.29) is 6.42 Å². The van der Waals surface area contributed by atoms with Crippen molar-refractivity contribution in [2.75, 3.05) is 7.11 Å². The molecule has 156 valence electrons. The standard InChI is InChI=1S/C25H19ClO5/c1-15-21-14-20(30-23(27)13-16-3-7-18(26)8-4-16)11-12-22(21)31-25(28)24(15)17-5-9-19(29-2)10-6-17/h3-12,14H,13H2,1-2H3. The molecule has 1 aromatic heterocycles. The van der Waals surface area contributed by atoms with E-state index in [0.717, 1.165) is 16.7 Å². The van der Waals surface area contributed by atoms with Crippen molar-refractivity contribution < 1.29 is 18.7 Å². The molecule has 6 heteroatoms. The van der Waals surface area contributed by atoms with Crippen LogP contribution in [0, 0.1) is 6.92 Å². The number of fused-ring (bicyclic) bond motifs is 1. The molecule has 0 aliphatic heterocycles. The van der Waals surface area contributed by atoms with Gasteiger partial charge in [0, 0.05) is 10.4 Å². The van der Waals surface area contributed by atoms with Gasteiger partial charge in [0.2, 0.25) is 0 Å². The highest BCUT2D eigenvalue weighted by Gasteiger charge is 2.15. The number of ether oxygens (including phenoxy) is 2. The molecule has 0 bridgehead atoms. The summed E-state index contributed by atoms with van der Waals surface area (Å²) in [5.74, 6) is 0.678. The van der Waals surface area contributed by atoms with Gasteiger partial charge in [0.25, 0.3) is 0 Å². The third kappa shape index (κ3) is 4.47. The van der Waals surface area contributed by atoms with Gasteiger partial charge in [-0.3, -0.25) is 4.79 Å². The summed E-state index contributed by atoms with van der Waals surface area (Å²) in [6.45, 7) is 1.85. The van der Waals surface area contributed by atoms with Crippen molar-refractivity contribution >= 4 is 28.5 Å². The Hall–Kier alpha value is -3.57. The number of benzene rings is 3. The normalized spacial score (nSPS) is 10.8. The van der Waals surface area contributed by atoms with E-state index in [2.05, 4.69) is 0 Å². The molecule has 0 N–H and O–H groups in total. The molecule has 5 nitrogen and oxygen atoms in total. The lowest BCUT2D eigenvalue weighted by molar-refractivity contribution is -0.133. The molecule has 1 heterocycles. The molecule has 4 rings (SSSR count). The first-order valence-corrected chi connectivity index (χ1v) is 9.99. The number of methoxy groups -OCH3 is 1. The maximum atomic E-state index is 12.6. The summed E-state index contributed by atoms with van der Waals surface area (Å²) < 4.78 is 16.2. The molecule has 0 amide bonds. The van der Waals surface area contributed by atoms with E-state index < -0.39 is 11.6 Å². The van der Waals surface area contributed by atoms with Crippen LogP contribution in [-0.2, 0) is 11.2 Å². The predicted molar refractivity (Wildman–Crippen MR) is 120 cm³/mol. The van der Waals surface area contributed by atoms with Crippen molar-refractivity contribution in [3.8, 4) is 22.6 Å². The van der Waals surface area contributed by atoms with Gasteiger partial charge in [-0.05, 0) is 66.1 Å². The highest BCUT2D eigenvalue weighted by molar-refractivity contribution is 6.30. The second kappa shape index (κ2) is 8.66. The van der Waals surface area contributed by atoms with Gasteiger partial charge >= 0.3 is 11.6 Å². The van der Waals surface area contributed by atoms with Gasteiger partial charge < -0.3 is 13.9 Å². The van der Waals surface area contributed by atoms with Gasteiger partial charge in [-0.15, -0.1) is 0 Å². The number of esters is 1. The molecule has 31 heavy (non-hydrogen) atoms. The first-order valence-electron chi connectivity index (χ1n) is 9.61. The quantitative estimate of drug-likeness (QED) is 0.233. The van der Waals surface area contributed by atoms with Gasteiger partial charge in [-0.1, -0.05) is 35.9 Å². The van der Waals surface area contributed by atoms with Crippen LogP contribution in [0.5, 0.6) is 11.5 Å². The largest absolute Gasteiger partial charge is 0.497 e. The summed E-state index contributed by atoms with van der Waals surface area (Å²) in [6, 6.07) is 19.2. The average molecular weight is 435 g/mol. The van der Waals surface area contributed by atoms with Crippen molar-refractivity contribution in [3.05, 3.63) is 93.3 Å². The summed E-state index contributed by atoms with van der Waals surface area (Å²) in [5.41, 5.74) is 2.73. The first-order chi connectivity index (χ1) is 14.9. The zero-order valence-corrected chi connectivity index (χ0v) is 17.7. The smallest absolute Gasteiger partial charge is 0.344 e. The van der Waals surface area contributed by atoms with Gasteiger partial charge in [-0.25, -0.2) is 4.79 Å². The Morgan fingerprint density at radius 1 is 0.968 bits per heavy atom. The van der Waals surface area contributed by atoms with Gasteiger partial charge in [0.1, 0.15) is 17.1 Å². The lowest BCUT2D eigenvalue weighted by atomic mass is 9.99. The molecule has 0 radical (unpaired) electrons. The van der Waals surface area contributed by atoms with Crippen molar-refractivity contribution in [3.63, 3.8) is 0 Å². The molecular formula is C25H19ClO5. The number of hydrogen-bond donors (Lipinski definition) is 0. The maximum Gasteiger partial charge on any atom is 0.344 e. The zero-order chi connectivity index (χ0) is 22.0.